The number of allylic oxidation sites excluding steroid dienone is 1. The van der Waals surface area contributed by atoms with Crippen LogP contribution in [0.3, 0.4) is 0 Å². The van der Waals surface area contributed by atoms with E-state index in [0.29, 0.717) is 11.5 Å². The van der Waals surface area contributed by atoms with Crippen LogP contribution in [0.2, 0.25) is 0 Å². The highest BCUT2D eigenvalue weighted by atomic mass is 16.5. The monoisotopic (exact) mass is 281 g/mol. The summed E-state index contributed by atoms with van der Waals surface area (Å²) in [6.07, 6.45) is 6.11. The number of nitrogens with zero attached hydrogens (tertiary/aromatic N) is 1. The molecule has 0 spiro atoms. The Morgan fingerprint density at radius 2 is 2.19 bits per heavy atom. The number of benzene rings is 1. The molecule has 1 aliphatic carbocycles. The molecule has 5 nitrogen and oxygen atoms in total. The van der Waals surface area contributed by atoms with E-state index in [-0.39, 0.29) is 5.56 Å². The molecule has 1 aromatic carbocycles. The molecular weight excluding hydrogens is 266 g/mol. The van der Waals surface area contributed by atoms with Crippen molar-refractivity contribution >= 4 is 12.2 Å². The average Bonchev–Trinajstić information content (AvgIpc) is 3.16. The number of ether oxygens (including phenoxy) is 1. The lowest BCUT2D eigenvalue weighted by atomic mass is 10.1. The predicted octanol–water partition coefficient (Wildman–Crippen LogP) is 1.04. The van der Waals surface area contributed by atoms with Crippen molar-refractivity contribution in [3.63, 3.8) is 0 Å². The third kappa shape index (κ3) is 2.11. The maximum absolute atomic E-state index is 11.9. The van der Waals surface area contributed by atoms with Crippen molar-refractivity contribution in [1.82, 2.24) is 10.2 Å². The van der Waals surface area contributed by atoms with Crippen molar-refractivity contribution in [2.45, 2.75) is 18.8 Å². The van der Waals surface area contributed by atoms with Gasteiger partial charge in [0.2, 0.25) is 0 Å². The number of H-pyrrole nitrogens is 2. The van der Waals surface area contributed by atoms with Crippen LogP contribution in [0.5, 0.6) is 5.75 Å². The van der Waals surface area contributed by atoms with E-state index in [9.17, 15) is 4.79 Å². The molecule has 0 bridgehead atoms. The highest BCUT2D eigenvalue weighted by molar-refractivity contribution is 5.67. The maximum atomic E-state index is 11.9. The Balaban J connectivity index is 1.80. The summed E-state index contributed by atoms with van der Waals surface area (Å²) >= 11 is 0. The van der Waals surface area contributed by atoms with Crippen LogP contribution in [0.25, 0.3) is 12.2 Å². The minimum absolute atomic E-state index is 0.0819. The normalized spacial score (nSPS) is 18.2. The highest BCUT2D eigenvalue weighted by Crippen LogP contribution is 2.40. The Bertz CT molecular complexity index is 914. The van der Waals surface area contributed by atoms with Crippen molar-refractivity contribution in [2.24, 2.45) is 4.99 Å². The van der Waals surface area contributed by atoms with Crippen LogP contribution in [0.4, 0.5) is 0 Å². The number of hydrogen-bond acceptors (Lipinski definition) is 3. The van der Waals surface area contributed by atoms with Gasteiger partial charge in [-0.1, -0.05) is 0 Å². The summed E-state index contributed by atoms with van der Waals surface area (Å²) in [4.78, 5) is 16.5. The van der Waals surface area contributed by atoms with Crippen LogP contribution >= 0.6 is 0 Å². The molecular formula is C16H15N3O2. The van der Waals surface area contributed by atoms with Crippen LogP contribution in [0.1, 0.15) is 30.0 Å². The third-order valence-electron chi connectivity index (χ3n) is 3.91. The van der Waals surface area contributed by atoms with Crippen LogP contribution in [-0.4, -0.2) is 17.3 Å². The Hall–Kier alpha value is -2.56. The summed E-state index contributed by atoms with van der Waals surface area (Å²) in [5.41, 5.74) is 2.42. The maximum Gasteiger partial charge on any atom is 0.271 e. The number of fused-ring (bicyclic) bond motifs is 1. The van der Waals surface area contributed by atoms with Gasteiger partial charge in [-0.3, -0.25) is 9.89 Å². The number of aromatic amines is 2. The number of nitrogens with one attached hydrogen (secondary N) is 2. The third-order valence-corrected chi connectivity index (χ3v) is 3.91. The van der Waals surface area contributed by atoms with Crippen molar-refractivity contribution in [3.8, 4) is 5.75 Å². The first-order valence-electron chi connectivity index (χ1n) is 7.01. The molecule has 0 unspecified atom stereocenters. The molecule has 2 aliphatic rings. The van der Waals surface area contributed by atoms with Gasteiger partial charge in [0.05, 0.1) is 23.7 Å². The van der Waals surface area contributed by atoms with Gasteiger partial charge in [0.15, 0.2) is 0 Å². The molecule has 1 aliphatic heterocycles. The molecule has 1 fully saturated rings. The first kappa shape index (κ1) is 12.2. The minimum atomic E-state index is -0.0819. The standard InChI is InChI=1S/C16H15N3O2/c1-21-12-4-5-14-10(7-12)6-11(17-14)8-13-15(9-2-3-9)18-19-16(13)20/h4-9H,2-3H2,1H3,(H2,18,19,20)/b11-8+. The van der Waals surface area contributed by atoms with Crippen LogP contribution in [-0.2, 0) is 0 Å². The molecule has 2 aromatic rings. The van der Waals surface area contributed by atoms with Crippen molar-refractivity contribution in [3.05, 3.63) is 56.1 Å². The minimum Gasteiger partial charge on any atom is -0.497 e. The second-order valence-corrected chi connectivity index (χ2v) is 5.43. The summed E-state index contributed by atoms with van der Waals surface area (Å²) < 4.78 is 5.22. The number of methoxy groups -OCH3 is 1. The van der Waals surface area contributed by atoms with Gasteiger partial charge >= 0.3 is 0 Å². The Morgan fingerprint density at radius 1 is 1.33 bits per heavy atom. The molecule has 106 valence electrons. The molecule has 2 heterocycles. The fourth-order valence-electron chi connectivity index (χ4n) is 2.65. The second-order valence-electron chi connectivity index (χ2n) is 5.43. The van der Waals surface area contributed by atoms with E-state index in [1.165, 1.54) is 0 Å². The Labute approximate surface area is 120 Å². The highest BCUT2D eigenvalue weighted by Gasteiger charge is 2.28. The average molecular weight is 281 g/mol. The molecule has 0 saturated heterocycles. The second kappa shape index (κ2) is 4.48. The summed E-state index contributed by atoms with van der Waals surface area (Å²) in [5.74, 6) is 1.29. The van der Waals surface area contributed by atoms with Gasteiger partial charge in [0.1, 0.15) is 5.75 Å². The first-order chi connectivity index (χ1) is 10.2. The fraction of sp³-hybridized carbons (Fsp3) is 0.250. The fourth-order valence-corrected chi connectivity index (χ4v) is 2.65. The first-order valence-corrected chi connectivity index (χ1v) is 7.01. The van der Waals surface area contributed by atoms with Gasteiger partial charge in [-0.25, -0.2) is 4.99 Å². The number of hydrogen-bond donors (Lipinski definition) is 2. The van der Waals surface area contributed by atoms with E-state index in [1.807, 2.05) is 30.4 Å². The summed E-state index contributed by atoms with van der Waals surface area (Å²) in [7, 11) is 1.64. The quantitative estimate of drug-likeness (QED) is 0.882. The Kier molecular flexibility index (Phi) is 2.60. The lowest BCUT2D eigenvalue weighted by Crippen LogP contribution is -2.20. The molecule has 2 N–H and O–H groups in total. The molecule has 0 atom stereocenters. The van der Waals surface area contributed by atoms with Gasteiger partial charge < -0.3 is 9.84 Å². The smallest absolute Gasteiger partial charge is 0.271 e. The van der Waals surface area contributed by atoms with Crippen LogP contribution in [0.15, 0.2) is 33.7 Å². The Morgan fingerprint density at radius 3 is 2.95 bits per heavy atom. The van der Waals surface area contributed by atoms with E-state index < -0.39 is 0 Å². The summed E-state index contributed by atoms with van der Waals surface area (Å²) in [6, 6.07) is 5.76. The summed E-state index contributed by atoms with van der Waals surface area (Å²) in [6.45, 7) is 0. The lowest BCUT2D eigenvalue weighted by Gasteiger charge is -1.95. The van der Waals surface area contributed by atoms with Gasteiger partial charge in [-0.15, -0.1) is 0 Å². The van der Waals surface area contributed by atoms with E-state index in [0.717, 1.165) is 40.6 Å². The lowest BCUT2D eigenvalue weighted by molar-refractivity contribution is 0.414. The zero-order valence-corrected chi connectivity index (χ0v) is 11.6. The summed E-state index contributed by atoms with van der Waals surface area (Å²) in [5, 5.41) is 7.58. The van der Waals surface area contributed by atoms with E-state index in [4.69, 9.17) is 4.74 Å². The van der Waals surface area contributed by atoms with Gasteiger partial charge in [-0.05, 0) is 43.2 Å². The number of rotatable bonds is 3. The molecule has 5 heteroatoms. The zero-order valence-electron chi connectivity index (χ0n) is 11.6. The van der Waals surface area contributed by atoms with Crippen molar-refractivity contribution in [2.75, 3.05) is 7.11 Å². The van der Waals surface area contributed by atoms with Gasteiger partial charge in [-0.2, -0.15) is 0 Å². The largest absolute Gasteiger partial charge is 0.497 e. The van der Waals surface area contributed by atoms with Crippen LogP contribution in [0, 0.1) is 0 Å². The van der Waals surface area contributed by atoms with Gasteiger partial charge in [0.25, 0.3) is 5.56 Å². The predicted molar refractivity (Wildman–Crippen MR) is 79.6 cm³/mol. The van der Waals surface area contributed by atoms with Crippen molar-refractivity contribution in [1.29, 1.82) is 0 Å². The molecule has 0 radical (unpaired) electrons. The topological polar surface area (TPSA) is 70.2 Å². The van der Waals surface area contributed by atoms with E-state index in [2.05, 4.69) is 15.2 Å². The SMILES string of the molecule is COc1ccc2c(c1)=C/C(=C\c1c(C3CC3)[nH][nH]c1=O)N=2. The number of aromatic nitrogens is 2. The van der Waals surface area contributed by atoms with E-state index >= 15 is 0 Å². The molecule has 1 saturated carbocycles. The van der Waals surface area contributed by atoms with E-state index in [1.54, 1.807) is 7.11 Å². The zero-order chi connectivity index (χ0) is 14.4. The molecule has 21 heavy (non-hydrogen) atoms. The molecule has 1 aromatic heterocycles. The molecule has 4 rings (SSSR count). The van der Waals surface area contributed by atoms with Gasteiger partial charge in [0, 0.05) is 16.8 Å². The van der Waals surface area contributed by atoms with Crippen molar-refractivity contribution < 1.29 is 4.74 Å². The molecule has 0 amide bonds. The van der Waals surface area contributed by atoms with Crippen LogP contribution < -0.4 is 20.9 Å².